The highest BCUT2D eigenvalue weighted by molar-refractivity contribution is 5.85. The van der Waals surface area contributed by atoms with Gasteiger partial charge in [-0.3, -0.25) is 9.88 Å². The van der Waals surface area contributed by atoms with Crippen LogP contribution in [0.3, 0.4) is 0 Å². The highest BCUT2D eigenvalue weighted by Gasteiger charge is 2.63. The third-order valence-corrected chi connectivity index (χ3v) is 8.01. The number of hydrogen-bond acceptors (Lipinski definition) is 4. The summed E-state index contributed by atoms with van der Waals surface area (Å²) in [4.78, 5) is 11.6. The third-order valence-electron chi connectivity index (χ3n) is 8.01. The molecule has 1 saturated heterocycles. The van der Waals surface area contributed by atoms with E-state index in [2.05, 4.69) is 58.5 Å². The molecule has 3 saturated carbocycles. The van der Waals surface area contributed by atoms with Gasteiger partial charge in [0.05, 0.1) is 17.9 Å². The first-order valence-corrected chi connectivity index (χ1v) is 11.4. The summed E-state index contributed by atoms with van der Waals surface area (Å²) >= 11 is 0. The summed E-state index contributed by atoms with van der Waals surface area (Å²) in [6.07, 6.45) is 7.40. The van der Waals surface area contributed by atoms with E-state index in [0.29, 0.717) is 11.6 Å². The van der Waals surface area contributed by atoms with Crippen LogP contribution in [0.4, 0.5) is 0 Å². The van der Waals surface area contributed by atoms with Crippen LogP contribution in [0.25, 0.3) is 10.9 Å². The van der Waals surface area contributed by atoms with E-state index in [9.17, 15) is 0 Å². The summed E-state index contributed by atoms with van der Waals surface area (Å²) < 4.78 is 6.02. The fourth-order valence-electron chi connectivity index (χ4n) is 6.40. The van der Waals surface area contributed by atoms with Gasteiger partial charge in [0.2, 0.25) is 0 Å². The molecule has 3 aromatic rings. The molecule has 2 aromatic heterocycles. The number of para-hydroxylation sites is 1. The number of benzene rings is 1. The zero-order valence-electron chi connectivity index (χ0n) is 17.4. The number of hydrogen-bond donors (Lipinski definition) is 2. The molecule has 154 valence electrons. The lowest BCUT2D eigenvalue weighted by Gasteiger charge is -2.69. The summed E-state index contributed by atoms with van der Waals surface area (Å²) in [5.41, 5.74) is 5.60. The van der Waals surface area contributed by atoms with E-state index in [0.717, 1.165) is 36.9 Å². The standard InChI is InChI=1S/C25H28N4O/c1-15-8-20-19-4-2-3-5-21(19)28-23(20)24(29(15)25-9-16(10-25)11-25)22-7-6-17(14-27-22)30-18-12-26-13-18/h2-7,14-16,18,24,26,28H,8-13H2,1H3/t15-,16?,24-,25?/m1/s1. The number of rotatable bonds is 4. The number of nitrogens with zero attached hydrogens (tertiary/aromatic N) is 2. The van der Waals surface area contributed by atoms with E-state index < -0.39 is 0 Å². The van der Waals surface area contributed by atoms with Gasteiger partial charge in [0.1, 0.15) is 11.9 Å². The molecule has 3 aliphatic carbocycles. The van der Waals surface area contributed by atoms with Crippen molar-refractivity contribution in [3.63, 3.8) is 0 Å². The SMILES string of the molecule is C[C@@H]1Cc2c([nH]c3ccccc23)[C@@H](c2ccc(OC3CNC3)cn2)N1C12CC(C1)C2. The van der Waals surface area contributed by atoms with E-state index in [1.165, 1.54) is 41.4 Å². The van der Waals surface area contributed by atoms with Crippen LogP contribution in [-0.2, 0) is 6.42 Å². The molecule has 0 amide bonds. The Hall–Kier alpha value is -2.37. The normalized spacial score (nSPS) is 32.8. The Balaban J connectivity index is 1.33. The van der Waals surface area contributed by atoms with Crippen molar-refractivity contribution in [2.75, 3.05) is 13.1 Å². The quantitative estimate of drug-likeness (QED) is 0.699. The second-order valence-electron chi connectivity index (χ2n) is 9.95. The van der Waals surface area contributed by atoms with Crippen molar-refractivity contribution < 1.29 is 4.74 Å². The van der Waals surface area contributed by atoms with Gasteiger partial charge >= 0.3 is 0 Å². The molecule has 0 spiro atoms. The molecule has 2 N–H and O–H groups in total. The van der Waals surface area contributed by atoms with E-state index in [1.807, 2.05) is 6.20 Å². The van der Waals surface area contributed by atoms with E-state index >= 15 is 0 Å². The highest BCUT2D eigenvalue weighted by Crippen LogP contribution is 2.64. The van der Waals surface area contributed by atoms with Crippen LogP contribution in [-0.4, -0.2) is 45.6 Å². The van der Waals surface area contributed by atoms with Crippen molar-refractivity contribution in [2.24, 2.45) is 5.92 Å². The molecule has 5 aliphatic rings. The highest BCUT2D eigenvalue weighted by atomic mass is 16.5. The Labute approximate surface area is 176 Å². The summed E-state index contributed by atoms with van der Waals surface area (Å²) in [6.45, 7) is 4.27. The van der Waals surface area contributed by atoms with Gasteiger partial charge in [-0.25, -0.2) is 0 Å². The predicted octanol–water partition coefficient (Wildman–Crippen LogP) is 3.80. The lowest BCUT2D eigenvalue weighted by atomic mass is 9.48. The van der Waals surface area contributed by atoms with E-state index in [-0.39, 0.29) is 12.1 Å². The summed E-state index contributed by atoms with van der Waals surface area (Å²) in [5.74, 6) is 1.84. The molecule has 8 rings (SSSR count). The first-order valence-electron chi connectivity index (χ1n) is 11.4. The second-order valence-corrected chi connectivity index (χ2v) is 9.95. The number of aromatic nitrogens is 2. The number of H-pyrrole nitrogens is 1. The minimum atomic E-state index is 0.191. The van der Waals surface area contributed by atoms with Crippen molar-refractivity contribution in [3.8, 4) is 5.75 Å². The molecule has 30 heavy (non-hydrogen) atoms. The largest absolute Gasteiger partial charge is 0.486 e. The van der Waals surface area contributed by atoms with Crippen LogP contribution in [0, 0.1) is 5.92 Å². The molecule has 2 aliphatic heterocycles. The van der Waals surface area contributed by atoms with Gasteiger partial charge in [-0.1, -0.05) is 18.2 Å². The lowest BCUT2D eigenvalue weighted by Crippen LogP contribution is -2.71. The number of nitrogens with one attached hydrogen (secondary N) is 2. The fourth-order valence-corrected chi connectivity index (χ4v) is 6.40. The van der Waals surface area contributed by atoms with Crippen molar-refractivity contribution in [1.82, 2.24) is 20.2 Å². The maximum atomic E-state index is 6.02. The van der Waals surface area contributed by atoms with Gasteiger partial charge in [0, 0.05) is 41.3 Å². The number of pyridine rings is 1. The molecular formula is C25H28N4O. The Morgan fingerprint density at radius 3 is 2.60 bits per heavy atom. The average Bonchev–Trinajstić information content (AvgIpc) is 3.02. The molecule has 2 bridgehead atoms. The van der Waals surface area contributed by atoms with Crippen LogP contribution in [0.5, 0.6) is 5.75 Å². The van der Waals surface area contributed by atoms with Crippen LogP contribution in [0.2, 0.25) is 0 Å². The Kier molecular flexibility index (Phi) is 3.51. The predicted molar refractivity (Wildman–Crippen MR) is 117 cm³/mol. The van der Waals surface area contributed by atoms with Crippen molar-refractivity contribution in [2.45, 2.75) is 56.3 Å². The van der Waals surface area contributed by atoms with Crippen LogP contribution in [0.15, 0.2) is 42.6 Å². The minimum absolute atomic E-state index is 0.191. The monoisotopic (exact) mass is 400 g/mol. The first kappa shape index (κ1) is 17.3. The summed E-state index contributed by atoms with van der Waals surface area (Å²) in [5, 5.41) is 4.63. The summed E-state index contributed by atoms with van der Waals surface area (Å²) in [6, 6.07) is 13.8. The van der Waals surface area contributed by atoms with E-state index in [1.54, 1.807) is 0 Å². The second kappa shape index (κ2) is 6.08. The maximum absolute atomic E-state index is 6.02. The molecule has 1 aromatic carbocycles. The van der Waals surface area contributed by atoms with Crippen LogP contribution in [0.1, 0.15) is 49.2 Å². The van der Waals surface area contributed by atoms with Gasteiger partial charge in [-0.2, -0.15) is 0 Å². The molecule has 0 unspecified atom stereocenters. The van der Waals surface area contributed by atoms with Gasteiger partial charge in [-0.05, 0) is 62.3 Å². The van der Waals surface area contributed by atoms with Gasteiger partial charge in [-0.15, -0.1) is 0 Å². The first-order chi connectivity index (χ1) is 14.7. The summed E-state index contributed by atoms with van der Waals surface area (Å²) in [7, 11) is 0. The van der Waals surface area contributed by atoms with Crippen LogP contribution >= 0.6 is 0 Å². The topological polar surface area (TPSA) is 53.2 Å². The fraction of sp³-hybridized carbons (Fsp3) is 0.480. The van der Waals surface area contributed by atoms with Crippen molar-refractivity contribution in [1.29, 1.82) is 0 Å². The van der Waals surface area contributed by atoms with Gasteiger partial charge < -0.3 is 15.0 Å². The molecule has 4 fully saturated rings. The van der Waals surface area contributed by atoms with Crippen LogP contribution < -0.4 is 10.1 Å². The Bertz CT molecular complexity index is 1100. The molecule has 5 nitrogen and oxygen atoms in total. The van der Waals surface area contributed by atoms with Gasteiger partial charge in [0.25, 0.3) is 0 Å². The zero-order valence-corrected chi connectivity index (χ0v) is 17.4. The Morgan fingerprint density at radius 2 is 1.93 bits per heavy atom. The molecular weight excluding hydrogens is 372 g/mol. The number of ether oxygens (including phenoxy) is 1. The van der Waals surface area contributed by atoms with E-state index in [4.69, 9.17) is 9.72 Å². The molecule has 2 atom stereocenters. The number of aromatic amines is 1. The average molecular weight is 401 g/mol. The van der Waals surface area contributed by atoms with Gasteiger partial charge in [0.15, 0.2) is 0 Å². The molecule has 0 radical (unpaired) electrons. The number of fused-ring (bicyclic) bond motifs is 3. The third kappa shape index (κ3) is 2.33. The van der Waals surface area contributed by atoms with Crippen molar-refractivity contribution >= 4 is 10.9 Å². The molecule has 4 heterocycles. The maximum Gasteiger partial charge on any atom is 0.138 e. The lowest BCUT2D eigenvalue weighted by molar-refractivity contribution is -0.174. The van der Waals surface area contributed by atoms with Crippen molar-refractivity contribution in [3.05, 3.63) is 59.5 Å². The Morgan fingerprint density at radius 1 is 1.10 bits per heavy atom. The molecule has 5 heteroatoms. The minimum Gasteiger partial charge on any atom is -0.486 e. The smallest absolute Gasteiger partial charge is 0.138 e. The zero-order chi connectivity index (χ0) is 19.9.